The Labute approximate surface area is 154 Å². The third-order valence-electron chi connectivity index (χ3n) is 3.46. The lowest BCUT2D eigenvalue weighted by molar-refractivity contribution is 0.417. The van der Waals surface area contributed by atoms with Gasteiger partial charge in [-0.1, -0.05) is 11.6 Å². The Bertz CT molecular complexity index is 952. The van der Waals surface area contributed by atoms with Crippen LogP contribution in [-0.2, 0) is 0 Å². The smallest absolute Gasteiger partial charge is 0.229 e. The summed E-state index contributed by atoms with van der Waals surface area (Å²) in [5.41, 5.74) is 1.34. The van der Waals surface area contributed by atoms with E-state index in [9.17, 15) is 8.78 Å². The monoisotopic (exact) mass is 376 g/mol. The molecule has 0 aliphatic rings. The van der Waals surface area contributed by atoms with Crippen molar-refractivity contribution in [3.63, 3.8) is 0 Å². The Hall–Kier alpha value is -2.93. The Morgan fingerprint density at radius 1 is 0.962 bits per heavy atom. The van der Waals surface area contributed by atoms with Gasteiger partial charge in [-0.25, -0.2) is 13.8 Å². The number of nitrogens with zero attached hydrogens (tertiary/aromatic N) is 2. The molecule has 0 bridgehead atoms. The molecule has 3 aromatic rings. The van der Waals surface area contributed by atoms with Gasteiger partial charge in [-0.2, -0.15) is 4.98 Å². The highest BCUT2D eigenvalue weighted by Gasteiger charge is 2.10. The summed E-state index contributed by atoms with van der Waals surface area (Å²) in [5.74, 6) is -0.179. The van der Waals surface area contributed by atoms with Gasteiger partial charge in [0, 0.05) is 22.8 Å². The van der Waals surface area contributed by atoms with Crippen molar-refractivity contribution in [2.75, 3.05) is 17.7 Å². The van der Waals surface area contributed by atoms with E-state index in [1.807, 2.05) is 0 Å². The molecule has 5 nitrogen and oxygen atoms in total. The van der Waals surface area contributed by atoms with E-state index in [1.165, 1.54) is 6.07 Å². The van der Waals surface area contributed by atoms with Crippen LogP contribution in [0.1, 0.15) is 5.69 Å². The van der Waals surface area contributed by atoms with Crippen LogP contribution >= 0.6 is 11.6 Å². The maximum absolute atomic E-state index is 13.8. The number of aromatic nitrogens is 2. The molecule has 134 valence electrons. The second-order valence-electron chi connectivity index (χ2n) is 5.44. The lowest BCUT2D eigenvalue weighted by atomic mass is 10.3. The molecule has 1 aromatic heterocycles. The third kappa shape index (κ3) is 4.18. The van der Waals surface area contributed by atoms with E-state index >= 15 is 0 Å². The number of rotatable bonds is 5. The molecule has 0 aliphatic carbocycles. The minimum absolute atomic E-state index is 0.0725. The van der Waals surface area contributed by atoms with E-state index in [-0.39, 0.29) is 11.6 Å². The highest BCUT2D eigenvalue weighted by atomic mass is 35.5. The van der Waals surface area contributed by atoms with Crippen LogP contribution < -0.4 is 15.4 Å². The van der Waals surface area contributed by atoms with Gasteiger partial charge in [-0.15, -0.1) is 0 Å². The van der Waals surface area contributed by atoms with Gasteiger partial charge in [-0.3, -0.25) is 0 Å². The first-order valence-electron chi connectivity index (χ1n) is 7.63. The van der Waals surface area contributed by atoms with Crippen molar-refractivity contribution in [3.05, 3.63) is 64.8 Å². The lowest BCUT2D eigenvalue weighted by Crippen LogP contribution is -2.04. The summed E-state index contributed by atoms with van der Waals surface area (Å²) in [5, 5.41) is 6.38. The third-order valence-corrected chi connectivity index (χ3v) is 3.69. The van der Waals surface area contributed by atoms with E-state index in [1.54, 1.807) is 38.3 Å². The van der Waals surface area contributed by atoms with Gasteiger partial charge in [0.2, 0.25) is 5.95 Å². The lowest BCUT2D eigenvalue weighted by Gasteiger charge is -2.13. The predicted octanol–water partition coefficient (Wildman–Crippen LogP) is 5.21. The molecule has 0 aliphatic heterocycles. The normalized spacial score (nSPS) is 10.5. The predicted molar refractivity (Wildman–Crippen MR) is 97.7 cm³/mol. The van der Waals surface area contributed by atoms with Crippen LogP contribution in [0, 0.1) is 18.6 Å². The van der Waals surface area contributed by atoms with Gasteiger partial charge in [-0.05, 0) is 37.3 Å². The average Bonchev–Trinajstić information content (AvgIpc) is 2.57. The molecular weight excluding hydrogens is 362 g/mol. The zero-order valence-electron chi connectivity index (χ0n) is 14.0. The van der Waals surface area contributed by atoms with Crippen molar-refractivity contribution in [3.8, 4) is 5.75 Å². The number of hydrogen-bond acceptors (Lipinski definition) is 5. The summed E-state index contributed by atoms with van der Waals surface area (Å²) in [6, 6.07) is 10.1. The Balaban J connectivity index is 1.89. The summed E-state index contributed by atoms with van der Waals surface area (Å²) in [6.45, 7) is 1.77. The molecule has 0 unspecified atom stereocenters. The van der Waals surface area contributed by atoms with Crippen molar-refractivity contribution < 1.29 is 13.5 Å². The number of hydrogen-bond donors (Lipinski definition) is 2. The zero-order chi connectivity index (χ0) is 18.7. The average molecular weight is 377 g/mol. The summed E-state index contributed by atoms with van der Waals surface area (Å²) in [4.78, 5) is 8.51. The van der Waals surface area contributed by atoms with Crippen molar-refractivity contribution >= 4 is 34.7 Å². The minimum Gasteiger partial charge on any atom is -0.495 e. The number of halogens is 3. The summed E-state index contributed by atoms with van der Waals surface area (Å²) in [6.07, 6.45) is 0. The fourth-order valence-electron chi connectivity index (χ4n) is 2.32. The van der Waals surface area contributed by atoms with E-state index in [2.05, 4.69) is 20.6 Å². The molecule has 2 aromatic carbocycles. The van der Waals surface area contributed by atoms with Gasteiger partial charge >= 0.3 is 0 Å². The fraction of sp³-hybridized carbons (Fsp3) is 0.111. The van der Waals surface area contributed by atoms with Crippen molar-refractivity contribution in [1.82, 2.24) is 9.97 Å². The molecule has 0 spiro atoms. The molecule has 0 atom stereocenters. The van der Waals surface area contributed by atoms with E-state index < -0.39 is 11.6 Å². The molecule has 8 heteroatoms. The fourth-order valence-corrected chi connectivity index (χ4v) is 2.49. The van der Waals surface area contributed by atoms with Crippen molar-refractivity contribution in [1.29, 1.82) is 0 Å². The van der Waals surface area contributed by atoms with Crippen LogP contribution in [0.4, 0.5) is 31.9 Å². The standard InChI is InChI=1S/C18H15ClF2N4O/c1-10-7-17(23-15-8-11(19)3-6-16(15)26-2)25-18(22-10)24-14-5-4-12(20)9-13(14)21/h3-9H,1-2H3,(H2,22,23,24,25). The number of ether oxygens (including phenoxy) is 1. The van der Waals surface area contributed by atoms with Crippen LogP contribution in [0.3, 0.4) is 0 Å². The summed E-state index contributed by atoms with van der Waals surface area (Å²) >= 11 is 6.03. The molecule has 3 rings (SSSR count). The van der Waals surface area contributed by atoms with Gasteiger partial charge in [0.1, 0.15) is 23.2 Å². The van der Waals surface area contributed by atoms with Crippen LogP contribution in [0.25, 0.3) is 0 Å². The first kappa shape index (κ1) is 17.9. The first-order chi connectivity index (χ1) is 12.4. The van der Waals surface area contributed by atoms with Crippen LogP contribution in [0.5, 0.6) is 5.75 Å². The Morgan fingerprint density at radius 2 is 1.77 bits per heavy atom. The van der Waals surface area contributed by atoms with Gasteiger partial charge < -0.3 is 15.4 Å². The largest absolute Gasteiger partial charge is 0.495 e. The number of aryl methyl sites for hydroxylation is 1. The van der Waals surface area contributed by atoms with Gasteiger partial charge in [0.15, 0.2) is 0 Å². The quantitative estimate of drug-likeness (QED) is 0.640. The second-order valence-corrected chi connectivity index (χ2v) is 5.87. The zero-order valence-corrected chi connectivity index (χ0v) is 14.7. The number of nitrogens with one attached hydrogen (secondary N) is 2. The second kappa shape index (κ2) is 7.53. The molecule has 1 heterocycles. The number of anilines is 4. The topological polar surface area (TPSA) is 59.1 Å². The molecule has 2 N–H and O–H groups in total. The first-order valence-corrected chi connectivity index (χ1v) is 8.01. The minimum atomic E-state index is -0.735. The summed E-state index contributed by atoms with van der Waals surface area (Å²) in [7, 11) is 1.55. The van der Waals surface area contributed by atoms with E-state index in [0.717, 1.165) is 12.1 Å². The number of benzene rings is 2. The molecule has 0 fully saturated rings. The van der Waals surface area contributed by atoms with Gasteiger partial charge in [0.05, 0.1) is 18.5 Å². The van der Waals surface area contributed by atoms with Crippen LogP contribution in [0.15, 0.2) is 42.5 Å². The molecule has 0 saturated heterocycles. The highest BCUT2D eigenvalue weighted by Crippen LogP contribution is 2.30. The maximum Gasteiger partial charge on any atom is 0.229 e. The van der Waals surface area contributed by atoms with E-state index in [4.69, 9.17) is 16.3 Å². The summed E-state index contributed by atoms with van der Waals surface area (Å²) < 4.78 is 32.1. The molecule has 0 amide bonds. The molecule has 0 radical (unpaired) electrons. The van der Waals surface area contributed by atoms with E-state index in [0.29, 0.717) is 28.0 Å². The Kier molecular flexibility index (Phi) is 5.18. The maximum atomic E-state index is 13.8. The van der Waals surface area contributed by atoms with Crippen molar-refractivity contribution in [2.45, 2.75) is 6.92 Å². The molecule has 0 saturated carbocycles. The molecule has 26 heavy (non-hydrogen) atoms. The Morgan fingerprint density at radius 3 is 2.50 bits per heavy atom. The van der Waals surface area contributed by atoms with Crippen LogP contribution in [-0.4, -0.2) is 17.1 Å². The highest BCUT2D eigenvalue weighted by molar-refractivity contribution is 6.31. The SMILES string of the molecule is COc1ccc(Cl)cc1Nc1cc(C)nc(Nc2ccc(F)cc2F)n1. The number of methoxy groups -OCH3 is 1. The van der Waals surface area contributed by atoms with Crippen LogP contribution in [0.2, 0.25) is 5.02 Å². The van der Waals surface area contributed by atoms with Crippen molar-refractivity contribution in [2.24, 2.45) is 0 Å². The van der Waals surface area contributed by atoms with Gasteiger partial charge in [0.25, 0.3) is 0 Å². The molecular formula is C18H15ClF2N4O.